The van der Waals surface area contributed by atoms with Crippen LogP contribution >= 0.6 is 11.3 Å². The number of nitrogens with zero attached hydrogens (tertiary/aromatic N) is 3. The van der Waals surface area contributed by atoms with Crippen LogP contribution in [0.2, 0.25) is 0 Å². The molecule has 0 radical (unpaired) electrons. The molecule has 0 aliphatic rings. The van der Waals surface area contributed by atoms with Gasteiger partial charge in [-0.2, -0.15) is 9.97 Å². The van der Waals surface area contributed by atoms with E-state index in [0.29, 0.717) is 18.2 Å². The van der Waals surface area contributed by atoms with Gasteiger partial charge in [0.1, 0.15) is 11.6 Å². The average molecular weight is 222 g/mol. The summed E-state index contributed by atoms with van der Waals surface area (Å²) >= 11 is 1.55. The van der Waals surface area contributed by atoms with Gasteiger partial charge in [-0.15, -0.1) is 11.3 Å². The summed E-state index contributed by atoms with van der Waals surface area (Å²) in [5, 5.41) is 5.02. The Hall–Kier alpha value is -1.89. The summed E-state index contributed by atoms with van der Waals surface area (Å²) in [6, 6.07) is 1.63. The van der Waals surface area contributed by atoms with Crippen LogP contribution in [0.1, 0.15) is 5.69 Å². The number of rotatable bonds is 3. The first-order valence-corrected chi connectivity index (χ1v) is 5.19. The molecule has 0 saturated carbocycles. The highest BCUT2D eigenvalue weighted by atomic mass is 32.1. The lowest BCUT2D eigenvalue weighted by Crippen LogP contribution is -2.06. The van der Waals surface area contributed by atoms with E-state index in [2.05, 4.69) is 20.3 Å². The van der Waals surface area contributed by atoms with Crippen molar-refractivity contribution in [2.45, 2.75) is 6.54 Å². The molecule has 78 valence electrons. The van der Waals surface area contributed by atoms with Gasteiger partial charge in [-0.1, -0.05) is 0 Å². The largest absolute Gasteiger partial charge is 0.383 e. The average Bonchev–Trinajstić information content (AvgIpc) is 2.65. The number of nitrogen functional groups attached to an aromatic ring is 2. The quantitative estimate of drug-likeness (QED) is 0.706. The van der Waals surface area contributed by atoms with Gasteiger partial charge in [0.15, 0.2) is 0 Å². The molecule has 0 bridgehead atoms. The Morgan fingerprint density at radius 2 is 2.20 bits per heavy atom. The maximum atomic E-state index is 5.52. The Bertz CT molecular complexity index is 420. The van der Waals surface area contributed by atoms with Crippen LogP contribution in [0.5, 0.6) is 0 Å². The zero-order valence-corrected chi connectivity index (χ0v) is 8.66. The van der Waals surface area contributed by atoms with Gasteiger partial charge in [0.25, 0.3) is 0 Å². The second-order valence-corrected chi connectivity index (χ2v) is 3.59. The molecule has 0 spiro atoms. The highest BCUT2D eigenvalue weighted by molar-refractivity contribution is 7.07. The van der Waals surface area contributed by atoms with Crippen molar-refractivity contribution in [2.75, 3.05) is 16.8 Å². The SMILES string of the molecule is Nc1cc(NCc2cscn2)nc(N)n1. The fourth-order valence-electron chi connectivity index (χ4n) is 1.08. The molecule has 0 saturated heterocycles. The minimum atomic E-state index is 0.163. The number of nitrogens with one attached hydrogen (secondary N) is 1. The summed E-state index contributed by atoms with van der Waals surface area (Å²) in [5.74, 6) is 1.12. The molecule has 0 atom stereocenters. The van der Waals surface area contributed by atoms with Crippen LogP contribution in [-0.2, 0) is 6.54 Å². The van der Waals surface area contributed by atoms with Crippen molar-refractivity contribution >= 4 is 28.9 Å². The number of anilines is 3. The van der Waals surface area contributed by atoms with E-state index >= 15 is 0 Å². The van der Waals surface area contributed by atoms with Crippen LogP contribution < -0.4 is 16.8 Å². The van der Waals surface area contributed by atoms with Gasteiger partial charge in [0.2, 0.25) is 5.95 Å². The lowest BCUT2D eigenvalue weighted by molar-refractivity contribution is 1.05. The molecule has 0 fully saturated rings. The van der Waals surface area contributed by atoms with Crippen molar-refractivity contribution in [3.05, 3.63) is 22.7 Å². The van der Waals surface area contributed by atoms with Crippen LogP contribution in [0.25, 0.3) is 0 Å². The van der Waals surface area contributed by atoms with E-state index in [0.717, 1.165) is 5.69 Å². The van der Waals surface area contributed by atoms with Crippen LogP contribution in [-0.4, -0.2) is 15.0 Å². The fraction of sp³-hybridized carbons (Fsp3) is 0.125. The molecule has 2 heterocycles. The first-order valence-electron chi connectivity index (χ1n) is 4.25. The Kier molecular flexibility index (Phi) is 2.64. The van der Waals surface area contributed by atoms with Crippen LogP contribution in [0.3, 0.4) is 0 Å². The number of aromatic nitrogens is 3. The number of thiazole rings is 1. The predicted octanol–water partition coefficient (Wildman–Crippen LogP) is 0.710. The van der Waals surface area contributed by atoms with E-state index in [4.69, 9.17) is 11.5 Å². The lowest BCUT2D eigenvalue weighted by atomic mass is 10.4. The lowest BCUT2D eigenvalue weighted by Gasteiger charge is -2.04. The molecular weight excluding hydrogens is 212 g/mol. The van der Waals surface area contributed by atoms with Gasteiger partial charge in [0, 0.05) is 11.4 Å². The maximum Gasteiger partial charge on any atom is 0.223 e. The third-order valence-corrected chi connectivity index (χ3v) is 2.33. The summed E-state index contributed by atoms with van der Waals surface area (Å²) in [6.07, 6.45) is 0. The third-order valence-electron chi connectivity index (χ3n) is 1.70. The Morgan fingerprint density at radius 1 is 1.33 bits per heavy atom. The van der Waals surface area contributed by atoms with Crippen molar-refractivity contribution in [1.29, 1.82) is 0 Å². The van der Waals surface area contributed by atoms with E-state index in [9.17, 15) is 0 Å². The number of nitrogens with two attached hydrogens (primary N) is 2. The normalized spacial score (nSPS) is 10.1. The Labute approximate surface area is 90.4 Å². The van der Waals surface area contributed by atoms with Crippen molar-refractivity contribution in [2.24, 2.45) is 0 Å². The fourth-order valence-corrected chi connectivity index (χ4v) is 1.64. The smallest absolute Gasteiger partial charge is 0.223 e. The van der Waals surface area contributed by atoms with Gasteiger partial charge >= 0.3 is 0 Å². The van der Waals surface area contributed by atoms with Crippen LogP contribution in [0, 0.1) is 0 Å². The molecule has 2 aromatic heterocycles. The van der Waals surface area contributed by atoms with Gasteiger partial charge in [-0.05, 0) is 0 Å². The van der Waals surface area contributed by atoms with E-state index in [1.807, 2.05) is 5.38 Å². The van der Waals surface area contributed by atoms with Gasteiger partial charge in [0.05, 0.1) is 17.7 Å². The van der Waals surface area contributed by atoms with Crippen molar-refractivity contribution < 1.29 is 0 Å². The van der Waals surface area contributed by atoms with Gasteiger partial charge in [-0.3, -0.25) is 0 Å². The van der Waals surface area contributed by atoms with Crippen LogP contribution in [0.15, 0.2) is 17.0 Å². The molecule has 6 nitrogen and oxygen atoms in total. The number of hydrogen-bond acceptors (Lipinski definition) is 7. The molecular formula is C8H10N6S. The zero-order chi connectivity index (χ0) is 10.7. The van der Waals surface area contributed by atoms with E-state index in [1.54, 1.807) is 22.9 Å². The van der Waals surface area contributed by atoms with Crippen molar-refractivity contribution in [1.82, 2.24) is 15.0 Å². The Morgan fingerprint density at radius 3 is 2.87 bits per heavy atom. The highest BCUT2D eigenvalue weighted by Gasteiger charge is 2.00. The molecule has 15 heavy (non-hydrogen) atoms. The van der Waals surface area contributed by atoms with Gasteiger partial charge in [-0.25, -0.2) is 4.98 Å². The second-order valence-electron chi connectivity index (χ2n) is 2.87. The summed E-state index contributed by atoms with van der Waals surface area (Å²) in [5.41, 5.74) is 13.7. The molecule has 0 aromatic carbocycles. The first-order chi connectivity index (χ1) is 7.24. The molecule has 0 unspecified atom stereocenters. The summed E-state index contributed by atoms with van der Waals surface area (Å²) in [7, 11) is 0. The van der Waals surface area contributed by atoms with E-state index in [1.165, 1.54) is 0 Å². The molecule has 2 rings (SSSR count). The van der Waals surface area contributed by atoms with Crippen LogP contribution in [0.4, 0.5) is 17.6 Å². The summed E-state index contributed by atoms with van der Waals surface area (Å²) in [6.45, 7) is 0.597. The van der Waals surface area contributed by atoms with E-state index in [-0.39, 0.29) is 5.95 Å². The number of hydrogen-bond donors (Lipinski definition) is 3. The molecule has 0 aliphatic carbocycles. The summed E-state index contributed by atoms with van der Waals surface area (Å²) in [4.78, 5) is 11.9. The molecule has 2 aromatic rings. The third kappa shape index (κ3) is 2.53. The zero-order valence-electron chi connectivity index (χ0n) is 7.84. The first kappa shape index (κ1) is 9.66. The van der Waals surface area contributed by atoms with Crippen molar-refractivity contribution in [3.63, 3.8) is 0 Å². The van der Waals surface area contributed by atoms with E-state index < -0.39 is 0 Å². The topological polar surface area (TPSA) is 103 Å². The summed E-state index contributed by atoms with van der Waals surface area (Å²) < 4.78 is 0. The molecule has 7 heteroatoms. The molecule has 5 N–H and O–H groups in total. The van der Waals surface area contributed by atoms with Gasteiger partial charge < -0.3 is 16.8 Å². The highest BCUT2D eigenvalue weighted by Crippen LogP contribution is 2.10. The van der Waals surface area contributed by atoms with Crippen molar-refractivity contribution in [3.8, 4) is 0 Å². The minimum Gasteiger partial charge on any atom is -0.383 e. The molecule has 0 aliphatic heterocycles. The standard InChI is InChI=1S/C8H10N6S/c9-6-1-7(14-8(10)13-6)11-2-5-3-15-4-12-5/h1,3-4H,2H2,(H5,9,10,11,13,14). The monoisotopic (exact) mass is 222 g/mol. The molecule has 0 amide bonds. The predicted molar refractivity (Wildman–Crippen MR) is 60.3 cm³/mol. The second kappa shape index (κ2) is 4.09. The maximum absolute atomic E-state index is 5.52. The minimum absolute atomic E-state index is 0.163. The Balaban J connectivity index is 2.05.